The summed E-state index contributed by atoms with van der Waals surface area (Å²) in [7, 11) is 0. The molecule has 30 heavy (non-hydrogen) atoms. The molecule has 0 saturated heterocycles. The van der Waals surface area contributed by atoms with Crippen LogP contribution in [0, 0.1) is 5.82 Å². The molecule has 0 radical (unpaired) electrons. The van der Waals surface area contributed by atoms with Crippen LogP contribution in [-0.2, 0) is 0 Å². The molecule has 0 aliphatic heterocycles. The molecule has 0 heterocycles. The lowest BCUT2D eigenvalue weighted by Crippen LogP contribution is -2.13. The second-order valence-electron chi connectivity index (χ2n) is 7.78. The predicted molar refractivity (Wildman–Crippen MR) is 113 cm³/mol. The molecular formula is C26H22F4. The number of halogens is 4. The van der Waals surface area contributed by atoms with Gasteiger partial charge in [0.1, 0.15) is 12.0 Å². The zero-order valence-electron chi connectivity index (χ0n) is 16.4. The molecule has 154 valence electrons. The minimum absolute atomic E-state index is 0.142. The van der Waals surface area contributed by atoms with Crippen molar-refractivity contribution >= 4 is 11.7 Å². The molecular weight excluding hydrogens is 388 g/mol. The highest BCUT2D eigenvalue weighted by Crippen LogP contribution is 2.36. The van der Waals surface area contributed by atoms with E-state index in [1.807, 2.05) is 12.1 Å². The minimum Gasteiger partial charge on any atom is -0.247 e. The molecule has 4 rings (SSSR count). The number of rotatable bonds is 4. The largest absolute Gasteiger partial charge is 0.247 e. The van der Waals surface area contributed by atoms with Gasteiger partial charge in [-0.05, 0) is 60.4 Å². The highest BCUT2D eigenvalue weighted by Gasteiger charge is 2.22. The first-order valence-electron chi connectivity index (χ1n) is 10.2. The van der Waals surface area contributed by atoms with Crippen molar-refractivity contribution in [2.24, 2.45) is 0 Å². The zero-order valence-corrected chi connectivity index (χ0v) is 16.4. The SMILES string of the molecule is F/C(=C(/F)c1ccc(C2CCC(F)CC2)cc1)c1ccc(-c2ccc(F)cc2)cc1. The van der Waals surface area contributed by atoms with E-state index in [1.54, 1.807) is 36.4 Å². The van der Waals surface area contributed by atoms with Gasteiger partial charge in [-0.25, -0.2) is 17.6 Å². The highest BCUT2D eigenvalue weighted by molar-refractivity contribution is 5.83. The van der Waals surface area contributed by atoms with Gasteiger partial charge in [-0.1, -0.05) is 60.7 Å². The third kappa shape index (κ3) is 4.48. The van der Waals surface area contributed by atoms with Crippen molar-refractivity contribution in [3.63, 3.8) is 0 Å². The summed E-state index contributed by atoms with van der Waals surface area (Å²) in [4.78, 5) is 0. The van der Waals surface area contributed by atoms with E-state index in [2.05, 4.69) is 0 Å². The van der Waals surface area contributed by atoms with Crippen molar-refractivity contribution in [2.75, 3.05) is 0 Å². The van der Waals surface area contributed by atoms with Crippen molar-refractivity contribution < 1.29 is 17.6 Å². The van der Waals surface area contributed by atoms with Gasteiger partial charge in [-0.15, -0.1) is 0 Å². The van der Waals surface area contributed by atoms with Crippen molar-refractivity contribution in [3.05, 3.63) is 95.3 Å². The predicted octanol–water partition coefficient (Wildman–Crippen LogP) is 8.25. The summed E-state index contributed by atoms with van der Waals surface area (Å²) in [6.45, 7) is 0. The third-order valence-electron chi connectivity index (χ3n) is 5.80. The van der Waals surface area contributed by atoms with E-state index in [4.69, 9.17) is 0 Å². The van der Waals surface area contributed by atoms with Crippen LogP contribution in [0.5, 0.6) is 0 Å². The summed E-state index contributed by atoms with van der Waals surface area (Å²) < 4.78 is 55.8. The maximum Gasteiger partial charge on any atom is 0.166 e. The molecule has 0 bridgehead atoms. The Morgan fingerprint density at radius 2 is 1.03 bits per heavy atom. The van der Waals surface area contributed by atoms with Crippen molar-refractivity contribution in [1.29, 1.82) is 0 Å². The van der Waals surface area contributed by atoms with E-state index in [-0.39, 0.29) is 22.9 Å². The molecule has 4 heteroatoms. The molecule has 3 aromatic rings. The van der Waals surface area contributed by atoms with Crippen LogP contribution in [0.2, 0.25) is 0 Å². The molecule has 0 nitrogen and oxygen atoms in total. The van der Waals surface area contributed by atoms with E-state index in [9.17, 15) is 17.6 Å². The number of alkyl halides is 1. The van der Waals surface area contributed by atoms with Gasteiger partial charge in [0.05, 0.1) is 0 Å². The lowest BCUT2D eigenvalue weighted by Gasteiger charge is -2.24. The van der Waals surface area contributed by atoms with Crippen LogP contribution in [0.4, 0.5) is 17.6 Å². The van der Waals surface area contributed by atoms with Gasteiger partial charge >= 0.3 is 0 Å². The summed E-state index contributed by atoms with van der Waals surface area (Å²) in [5.74, 6) is -1.88. The Morgan fingerprint density at radius 3 is 1.53 bits per heavy atom. The fraction of sp³-hybridized carbons (Fsp3) is 0.231. The highest BCUT2D eigenvalue weighted by atomic mass is 19.2. The van der Waals surface area contributed by atoms with Crippen LogP contribution in [0.3, 0.4) is 0 Å². The van der Waals surface area contributed by atoms with Crippen LogP contribution < -0.4 is 0 Å². The Bertz CT molecular complexity index is 1010. The summed E-state index contributed by atoms with van der Waals surface area (Å²) in [6, 6.07) is 19.2. The smallest absolute Gasteiger partial charge is 0.166 e. The van der Waals surface area contributed by atoms with Crippen molar-refractivity contribution in [3.8, 4) is 11.1 Å². The fourth-order valence-electron chi connectivity index (χ4n) is 3.99. The number of hydrogen-bond donors (Lipinski definition) is 0. The quantitative estimate of drug-likeness (QED) is 0.300. The van der Waals surface area contributed by atoms with E-state index in [0.29, 0.717) is 12.8 Å². The van der Waals surface area contributed by atoms with Gasteiger partial charge in [0.15, 0.2) is 11.7 Å². The van der Waals surface area contributed by atoms with E-state index < -0.39 is 17.8 Å². The molecule has 0 aromatic heterocycles. The molecule has 1 aliphatic rings. The van der Waals surface area contributed by atoms with Gasteiger partial charge in [0.25, 0.3) is 0 Å². The molecule has 0 N–H and O–H groups in total. The Morgan fingerprint density at radius 1 is 0.600 bits per heavy atom. The molecule has 0 atom stereocenters. The Hall–Kier alpha value is -2.88. The number of benzene rings is 3. The topological polar surface area (TPSA) is 0 Å². The summed E-state index contributed by atoms with van der Waals surface area (Å²) >= 11 is 0. The normalized spacial score (nSPS) is 20.0. The molecule has 0 spiro atoms. The molecule has 1 fully saturated rings. The second-order valence-corrected chi connectivity index (χ2v) is 7.78. The first kappa shape index (κ1) is 20.4. The van der Waals surface area contributed by atoms with Gasteiger partial charge < -0.3 is 0 Å². The zero-order chi connectivity index (χ0) is 21.1. The summed E-state index contributed by atoms with van der Waals surface area (Å²) in [5, 5.41) is 0. The molecule has 0 amide bonds. The first-order valence-corrected chi connectivity index (χ1v) is 10.2. The average Bonchev–Trinajstić information content (AvgIpc) is 2.79. The molecule has 3 aromatic carbocycles. The fourth-order valence-corrected chi connectivity index (χ4v) is 3.99. The summed E-state index contributed by atoms with van der Waals surface area (Å²) in [6.07, 6.45) is 1.97. The van der Waals surface area contributed by atoms with Crippen LogP contribution >= 0.6 is 0 Å². The van der Waals surface area contributed by atoms with Crippen LogP contribution in [0.15, 0.2) is 72.8 Å². The van der Waals surface area contributed by atoms with E-state index in [1.165, 1.54) is 24.3 Å². The third-order valence-corrected chi connectivity index (χ3v) is 5.80. The maximum atomic E-state index is 14.7. The average molecular weight is 410 g/mol. The van der Waals surface area contributed by atoms with Gasteiger partial charge in [-0.2, -0.15) is 0 Å². The minimum atomic E-state index is -0.925. The lowest BCUT2D eigenvalue weighted by molar-refractivity contribution is 0.235. The van der Waals surface area contributed by atoms with Gasteiger partial charge in [0, 0.05) is 11.1 Å². The van der Waals surface area contributed by atoms with Gasteiger partial charge in [-0.3, -0.25) is 0 Å². The monoisotopic (exact) mass is 410 g/mol. The van der Waals surface area contributed by atoms with Crippen LogP contribution in [0.1, 0.15) is 48.3 Å². The van der Waals surface area contributed by atoms with E-state index in [0.717, 1.165) is 29.5 Å². The second kappa shape index (κ2) is 8.86. The lowest BCUT2D eigenvalue weighted by atomic mass is 9.83. The Labute approximate surface area is 173 Å². The van der Waals surface area contributed by atoms with Crippen molar-refractivity contribution in [2.45, 2.75) is 37.8 Å². The Kier molecular flexibility index (Phi) is 6.03. The molecule has 1 saturated carbocycles. The Balaban J connectivity index is 1.51. The summed E-state index contributed by atoms with van der Waals surface area (Å²) in [5.41, 5.74) is 2.95. The van der Waals surface area contributed by atoms with Crippen LogP contribution in [-0.4, -0.2) is 6.17 Å². The standard InChI is InChI=1S/C26H22F4/c27-23-13-9-19(10-14-23)17-1-5-21(6-2-17)25(29)26(30)22-7-3-18(4-8-22)20-11-15-24(28)16-12-20/h1-10,13-14,20,24H,11-12,15-16H2/b26-25+. The maximum absolute atomic E-state index is 14.7. The van der Waals surface area contributed by atoms with Crippen molar-refractivity contribution in [1.82, 2.24) is 0 Å². The van der Waals surface area contributed by atoms with Gasteiger partial charge in [0.2, 0.25) is 0 Å². The molecule has 0 unspecified atom stereocenters. The van der Waals surface area contributed by atoms with E-state index >= 15 is 0 Å². The first-order chi connectivity index (χ1) is 14.5. The van der Waals surface area contributed by atoms with Crippen LogP contribution in [0.25, 0.3) is 22.8 Å². The number of hydrogen-bond acceptors (Lipinski definition) is 0. The molecule has 1 aliphatic carbocycles.